The predicted molar refractivity (Wildman–Crippen MR) is 96.4 cm³/mol. The minimum Gasteiger partial charge on any atom is -0.370 e. The summed E-state index contributed by atoms with van der Waals surface area (Å²) in [6.45, 7) is 6.51. The first-order valence-electron chi connectivity index (χ1n) is 8.01. The van der Waals surface area contributed by atoms with Crippen molar-refractivity contribution in [2.75, 3.05) is 32.1 Å². The minimum absolute atomic E-state index is 0.0669. The molecule has 24 heavy (non-hydrogen) atoms. The normalized spacial score (nSPS) is 11.8. The number of benzene rings is 1. The van der Waals surface area contributed by atoms with Crippen molar-refractivity contribution in [3.05, 3.63) is 28.8 Å². The lowest BCUT2D eigenvalue weighted by Crippen LogP contribution is -2.43. The first kappa shape index (κ1) is 20.2. The number of nitrogens with one attached hydrogen (secondary N) is 3. The van der Waals surface area contributed by atoms with E-state index in [4.69, 9.17) is 12.6 Å². The molecule has 3 N–H and O–H groups in total. The molecule has 0 saturated carbocycles. The Balaban J connectivity index is 2.57. The highest BCUT2D eigenvalue weighted by Crippen LogP contribution is 2.22. The molecule has 0 saturated heterocycles. The summed E-state index contributed by atoms with van der Waals surface area (Å²) in [5, 5.41) is 8.41. The Kier molecular flexibility index (Phi) is 8.50. The van der Waals surface area contributed by atoms with Gasteiger partial charge in [0.15, 0.2) is 0 Å². The van der Waals surface area contributed by atoms with E-state index in [1.165, 1.54) is 0 Å². The average molecular weight is 331 g/mol. The molecule has 2 radical (unpaired) electrons. The molecule has 1 aromatic carbocycles. The van der Waals surface area contributed by atoms with E-state index < -0.39 is 6.04 Å². The first-order valence-corrected chi connectivity index (χ1v) is 8.01. The maximum absolute atomic E-state index is 12.3. The molecule has 0 aliphatic rings. The zero-order valence-corrected chi connectivity index (χ0v) is 14.9. The van der Waals surface area contributed by atoms with Gasteiger partial charge in [-0.3, -0.25) is 9.59 Å². The monoisotopic (exact) mass is 331 g/mol. The number of likely N-dealkylation sites (N-methyl/N-ethyl adjacent to an activating group) is 1. The van der Waals surface area contributed by atoms with E-state index in [9.17, 15) is 9.59 Å². The van der Waals surface area contributed by atoms with Crippen molar-refractivity contribution in [3.8, 4) is 0 Å². The maximum atomic E-state index is 12.3. The van der Waals surface area contributed by atoms with Crippen molar-refractivity contribution < 1.29 is 14.3 Å². The van der Waals surface area contributed by atoms with Crippen molar-refractivity contribution in [1.29, 1.82) is 0 Å². The summed E-state index contributed by atoms with van der Waals surface area (Å²) in [6, 6.07) is 3.24. The highest BCUT2D eigenvalue weighted by atomic mass is 16.5. The predicted octanol–water partition coefficient (Wildman–Crippen LogP) is 0.651. The molecule has 0 heterocycles. The third-order valence-electron chi connectivity index (χ3n) is 3.58. The average Bonchev–Trinajstić information content (AvgIpc) is 2.54. The zero-order chi connectivity index (χ0) is 18.1. The number of hydrogen-bond acceptors (Lipinski definition) is 4. The fourth-order valence-corrected chi connectivity index (χ4v) is 2.29. The molecule has 0 aliphatic heterocycles. The summed E-state index contributed by atoms with van der Waals surface area (Å²) in [6.07, 6.45) is 0.454. The Morgan fingerprint density at radius 2 is 1.88 bits per heavy atom. The van der Waals surface area contributed by atoms with E-state index in [0.717, 1.165) is 22.4 Å². The van der Waals surface area contributed by atoms with Crippen LogP contribution in [-0.4, -0.2) is 52.5 Å². The fraction of sp³-hybridized carbons (Fsp3) is 0.529. The molecule has 6 nitrogen and oxygen atoms in total. The Labute approximate surface area is 145 Å². The van der Waals surface area contributed by atoms with E-state index in [1.807, 2.05) is 26.0 Å². The van der Waals surface area contributed by atoms with Gasteiger partial charge < -0.3 is 20.7 Å². The second kappa shape index (κ2) is 10.1. The van der Waals surface area contributed by atoms with E-state index in [0.29, 0.717) is 19.5 Å². The van der Waals surface area contributed by atoms with Gasteiger partial charge in [-0.15, -0.1) is 0 Å². The number of carbonyl (C=O) groups excluding carboxylic acids is 2. The molecule has 0 fully saturated rings. The summed E-state index contributed by atoms with van der Waals surface area (Å²) in [5.41, 5.74) is 3.65. The Morgan fingerprint density at radius 1 is 1.25 bits per heavy atom. The molecule has 1 rings (SSSR count). The Morgan fingerprint density at radius 3 is 2.42 bits per heavy atom. The van der Waals surface area contributed by atoms with Crippen LogP contribution in [0.2, 0.25) is 0 Å². The highest BCUT2D eigenvalue weighted by Gasteiger charge is 2.17. The van der Waals surface area contributed by atoms with Gasteiger partial charge in [0, 0.05) is 12.2 Å². The van der Waals surface area contributed by atoms with Gasteiger partial charge in [0.1, 0.15) is 12.6 Å². The van der Waals surface area contributed by atoms with Crippen LogP contribution in [0.4, 0.5) is 5.69 Å². The van der Waals surface area contributed by atoms with Crippen LogP contribution in [0, 0.1) is 13.8 Å². The summed E-state index contributed by atoms with van der Waals surface area (Å²) in [5.74, 6) is -0.592. The van der Waals surface area contributed by atoms with Crippen LogP contribution in [-0.2, 0) is 20.6 Å². The molecule has 0 bridgehead atoms. The molecule has 0 spiro atoms. The second-order valence-corrected chi connectivity index (χ2v) is 5.74. The van der Waals surface area contributed by atoms with Gasteiger partial charge in [-0.25, -0.2) is 0 Å². The molecule has 1 unspecified atom stereocenters. The smallest absolute Gasteiger partial charge is 0.246 e. The molecule has 2 amide bonds. The lowest BCUT2D eigenvalue weighted by atomic mass is 9.93. The fourth-order valence-electron chi connectivity index (χ4n) is 2.29. The molecule has 0 aliphatic carbocycles. The second-order valence-electron chi connectivity index (χ2n) is 5.74. The molecular weight excluding hydrogens is 305 g/mol. The summed E-state index contributed by atoms with van der Waals surface area (Å²) >= 11 is 0. The maximum Gasteiger partial charge on any atom is 0.246 e. The van der Waals surface area contributed by atoms with Crippen LogP contribution in [0.15, 0.2) is 12.1 Å². The molecule has 7 heteroatoms. The molecule has 1 atom stereocenters. The number of aryl methyl sites for hydroxylation is 2. The van der Waals surface area contributed by atoms with E-state index >= 15 is 0 Å². The largest absolute Gasteiger partial charge is 0.370 e. The Hall–Kier alpha value is -1.86. The van der Waals surface area contributed by atoms with Crippen molar-refractivity contribution in [1.82, 2.24) is 10.6 Å². The molecule has 0 aromatic heterocycles. The van der Waals surface area contributed by atoms with Gasteiger partial charge in [0.25, 0.3) is 0 Å². The minimum atomic E-state index is -0.654. The van der Waals surface area contributed by atoms with E-state index in [1.54, 1.807) is 14.0 Å². The summed E-state index contributed by atoms with van der Waals surface area (Å²) in [4.78, 5) is 24.0. The summed E-state index contributed by atoms with van der Waals surface area (Å²) in [7, 11) is 7.46. The zero-order valence-electron chi connectivity index (χ0n) is 14.9. The van der Waals surface area contributed by atoms with Crippen LogP contribution in [0.1, 0.15) is 23.6 Å². The van der Waals surface area contributed by atoms with Crippen LogP contribution in [0.5, 0.6) is 0 Å². The summed E-state index contributed by atoms with van der Waals surface area (Å²) < 4.78 is 5.18. The van der Waals surface area contributed by atoms with Gasteiger partial charge >= 0.3 is 0 Å². The SMILES string of the molecule is [B]Cc1cc(C)c(NC(=O)C(C)NC(=O)COCCNC)c(C)c1. The van der Waals surface area contributed by atoms with Crippen molar-refractivity contribution in [3.63, 3.8) is 0 Å². The number of hydrogen-bond donors (Lipinski definition) is 3. The van der Waals surface area contributed by atoms with E-state index in [-0.39, 0.29) is 18.4 Å². The number of amides is 2. The van der Waals surface area contributed by atoms with Crippen molar-refractivity contribution in [2.45, 2.75) is 33.1 Å². The number of anilines is 1. The van der Waals surface area contributed by atoms with Gasteiger partial charge in [0.05, 0.1) is 14.5 Å². The lowest BCUT2D eigenvalue weighted by Gasteiger charge is -2.17. The third kappa shape index (κ3) is 6.33. The lowest BCUT2D eigenvalue weighted by molar-refractivity contribution is -0.129. The van der Waals surface area contributed by atoms with Crippen LogP contribution in [0.25, 0.3) is 0 Å². The molecule has 130 valence electrons. The molecular formula is C17H26BN3O3. The number of ether oxygens (including phenoxy) is 1. The highest BCUT2D eigenvalue weighted by molar-refractivity contribution is 6.08. The van der Waals surface area contributed by atoms with Crippen LogP contribution in [0.3, 0.4) is 0 Å². The number of carbonyl (C=O) groups is 2. The third-order valence-corrected chi connectivity index (χ3v) is 3.58. The van der Waals surface area contributed by atoms with Gasteiger partial charge in [-0.2, -0.15) is 0 Å². The van der Waals surface area contributed by atoms with Gasteiger partial charge in [0.2, 0.25) is 11.8 Å². The van der Waals surface area contributed by atoms with E-state index in [2.05, 4.69) is 16.0 Å². The Bertz CT molecular complexity index is 555. The van der Waals surface area contributed by atoms with Gasteiger partial charge in [-0.1, -0.05) is 24.0 Å². The number of rotatable bonds is 9. The van der Waals surface area contributed by atoms with Gasteiger partial charge in [-0.05, 0) is 38.9 Å². The first-order chi connectivity index (χ1) is 11.4. The molecule has 1 aromatic rings. The van der Waals surface area contributed by atoms with Crippen LogP contribution < -0.4 is 16.0 Å². The topological polar surface area (TPSA) is 79.5 Å². The van der Waals surface area contributed by atoms with Crippen molar-refractivity contribution in [2.24, 2.45) is 0 Å². The van der Waals surface area contributed by atoms with Crippen LogP contribution >= 0.6 is 0 Å². The quantitative estimate of drug-likeness (QED) is 0.459. The van der Waals surface area contributed by atoms with Crippen molar-refractivity contribution >= 4 is 25.3 Å². The standard InChI is InChI=1S/C17H26BN3O3/c1-11-7-14(9-18)8-12(2)16(11)21-17(23)13(3)20-15(22)10-24-6-5-19-4/h7-8,13,19H,5-6,9-10H2,1-4H3,(H,20,22)(H,21,23).